The van der Waals surface area contributed by atoms with Gasteiger partial charge in [-0.1, -0.05) is 110 Å². The van der Waals surface area contributed by atoms with E-state index in [4.69, 9.17) is 15.2 Å². The van der Waals surface area contributed by atoms with Crippen LogP contribution in [0.25, 0.3) is 0 Å². The molecule has 1 unspecified atom stereocenters. The fourth-order valence-electron chi connectivity index (χ4n) is 4.12. The van der Waals surface area contributed by atoms with Gasteiger partial charge in [0.1, 0.15) is 0 Å². The molecule has 0 fully saturated rings. The summed E-state index contributed by atoms with van der Waals surface area (Å²) in [5.41, 5.74) is 7.23. The van der Waals surface area contributed by atoms with Crippen molar-refractivity contribution < 1.29 is 9.47 Å². The summed E-state index contributed by atoms with van der Waals surface area (Å²) in [6.45, 7) is 8.14. The van der Waals surface area contributed by atoms with Crippen molar-refractivity contribution in [3.05, 3.63) is 23.8 Å². The first-order valence-corrected chi connectivity index (χ1v) is 13.8. The minimum absolute atomic E-state index is 0.152. The SMILES string of the molecule is CCCCCCCCCCOc1ccc(CC(C)N)cc1OCCCCCCCCCC. The van der Waals surface area contributed by atoms with Crippen LogP contribution in [0.5, 0.6) is 11.5 Å². The van der Waals surface area contributed by atoms with Crippen molar-refractivity contribution in [1.82, 2.24) is 0 Å². The van der Waals surface area contributed by atoms with Gasteiger partial charge in [0.15, 0.2) is 11.5 Å². The summed E-state index contributed by atoms with van der Waals surface area (Å²) >= 11 is 0. The fraction of sp³-hybridized carbons (Fsp3) is 0.793. The molecular weight excluding hydrogens is 394 g/mol. The van der Waals surface area contributed by atoms with E-state index in [9.17, 15) is 0 Å². The number of ether oxygens (including phenoxy) is 2. The molecule has 0 heterocycles. The summed E-state index contributed by atoms with van der Waals surface area (Å²) in [6, 6.07) is 6.50. The van der Waals surface area contributed by atoms with Gasteiger partial charge in [-0.2, -0.15) is 0 Å². The van der Waals surface area contributed by atoms with E-state index in [-0.39, 0.29) is 6.04 Å². The van der Waals surface area contributed by atoms with E-state index in [1.807, 2.05) is 6.92 Å². The first kappa shape index (κ1) is 28.8. The Bertz CT molecular complexity index is 544. The standard InChI is InChI=1S/C29H53NO2/c1-4-6-8-10-12-14-16-18-22-31-28-21-20-27(24-26(3)30)25-29(28)32-23-19-17-15-13-11-9-7-5-2/h20-21,25-26H,4-19,22-24,30H2,1-3H3. The van der Waals surface area contributed by atoms with Gasteiger partial charge >= 0.3 is 0 Å². The molecule has 0 saturated carbocycles. The maximum Gasteiger partial charge on any atom is 0.161 e. The summed E-state index contributed by atoms with van der Waals surface area (Å²) in [6.07, 6.45) is 21.9. The highest BCUT2D eigenvalue weighted by atomic mass is 16.5. The van der Waals surface area contributed by atoms with E-state index in [1.165, 1.54) is 95.5 Å². The molecule has 3 nitrogen and oxygen atoms in total. The highest BCUT2D eigenvalue weighted by molar-refractivity contribution is 5.43. The first-order chi connectivity index (χ1) is 15.7. The lowest BCUT2D eigenvalue weighted by Crippen LogP contribution is -2.17. The first-order valence-electron chi connectivity index (χ1n) is 13.8. The normalized spacial score (nSPS) is 12.1. The van der Waals surface area contributed by atoms with Crippen molar-refractivity contribution in [2.24, 2.45) is 5.73 Å². The Balaban J connectivity index is 2.34. The third-order valence-electron chi connectivity index (χ3n) is 6.08. The quantitative estimate of drug-likeness (QED) is 0.181. The molecule has 0 bridgehead atoms. The summed E-state index contributed by atoms with van der Waals surface area (Å²) in [4.78, 5) is 0. The van der Waals surface area contributed by atoms with Crippen LogP contribution in [0.3, 0.4) is 0 Å². The van der Waals surface area contributed by atoms with Crippen molar-refractivity contribution in [2.45, 2.75) is 136 Å². The van der Waals surface area contributed by atoms with Crippen LogP contribution >= 0.6 is 0 Å². The van der Waals surface area contributed by atoms with Crippen LogP contribution in [0.1, 0.15) is 129 Å². The van der Waals surface area contributed by atoms with Crippen LogP contribution in [0.15, 0.2) is 18.2 Å². The van der Waals surface area contributed by atoms with Gasteiger partial charge in [-0.25, -0.2) is 0 Å². The zero-order valence-electron chi connectivity index (χ0n) is 21.6. The lowest BCUT2D eigenvalue weighted by Gasteiger charge is -2.15. The van der Waals surface area contributed by atoms with Crippen LogP contribution in [0.2, 0.25) is 0 Å². The average Bonchev–Trinajstić information content (AvgIpc) is 2.77. The second-order valence-corrected chi connectivity index (χ2v) is 9.61. The summed E-state index contributed by atoms with van der Waals surface area (Å²) < 4.78 is 12.3. The number of nitrogens with two attached hydrogens (primary N) is 1. The number of hydrogen-bond acceptors (Lipinski definition) is 3. The van der Waals surface area contributed by atoms with Gasteiger partial charge in [-0.3, -0.25) is 0 Å². The van der Waals surface area contributed by atoms with Gasteiger partial charge in [0.05, 0.1) is 13.2 Å². The summed E-state index contributed by atoms with van der Waals surface area (Å²) in [5.74, 6) is 1.78. The molecule has 186 valence electrons. The monoisotopic (exact) mass is 447 g/mol. The minimum Gasteiger partial charge on any atom is -0.490 e. The largest absolute Gasteiger partial charge is 0.490 e. The molecule has 0 aromatic heterocycles. The van der Waals surface area contributed by atoms with E-state index in [2.05, 4.69) is 32.0 Å². The van der Waals surface area contributed by atoms with E-state index in [0.29, 0.717) is 0 Å². The van der Waals surface area contributed by atoms with E-state index in [0.717, 1.165) is 44.0 Å². The predicted octanol–water partition coefficient (Wildman–Crippen LogP) is 8.62. The second kappa shape index (κ2) is 20.4. The number of benzene rings is 1. The van der Waals surface area contributed by atoms with Crippen LogP contribution in [0, 0.1) is 0 Å². The zero-order valence-corrected chi connectivity index (χ0v) is 21.6. The molecule has 0 amide bonds. The highest BCUT2D eigenvalue weighted by Crippen LogP contribution is 2.29. The molecule has 0 aliphatic rings. The Morgan fingerprint density at radius 1 is 0.625 bits per heavy atom. The van der Waals surface area contributed by atoms with E-state index >= 15 is 0 Å². The van der Waals surface area contributed by atoms with Crippen molar-refractivity contribution in [3.63, 3.8) is 0 Å². The molecule has 3 heteroatoms. The third kappa shape index (κ3) is 15.6. The number of rotatable bonds is 22. The molecule has 32 heavy (non-hydrogen) atoms. The Labute approximate surface area is 199 Å². The number of hydrogen-bond donors (Lipinski definition) is 1. The summed E-state index contributed by atoms with van der Waals surface area (Å²) in [5, 5.41) is 0. The van der Waals surface area contributed by atoms with Gasteiger partial charge in [-0.05, 0) is 43.9 Å². The Hall–Kier alpha value is -1.22. The van der Waals surface area contributed by atoms with Crippen molar-refractivity contribution in [3.8, 4) is 11.5 Å². The van der Waals surface area contributed by atoms with Crippen LogP contribution in [-0.2, 0) is 6.42 Å². The minimum atomic E-state index is 0.152. The molecule has 0 radical (unpaired) electrons. The zero-order chi connectivity index (χ0) is 23.3. The van der Waals surface area contributed by atoms with Gasteiger partial charge in [-0.15, -0.1) is 0 Å². The molecule has 0 aliphatic carbocycles. The molecular formula is C29H53NO2. The maximum atomic E-state index is 6.17. The second-order valence-electron chi connectivity index (χ2n) is 9.61. The van der Waals surface area contributed by atoms with Crippen LogP contribution in [0.4, 0.5) is 0 Å². The number of unbranched alkanes of at least 4 members (excludes halogenated alkanes) is 14. The lowest BCUT2D eigenvalue weighted by molar-refractivity contribution is 0.258. The third-order valence-corrected chi connectivity index (χ3v) is 6.08. The maximum absolute atomic E-state index is 6.17. The van der Waals surface area contributed by atoms with Gasteiger partial charge < -0.3 is 15.2 Å². The smallest absolute Gasteiger partial charge is 0.161 e. The predicted molar refractivity (Wildman–Crippen MR) is 140 cm³/mol. The van der Waals surface area contributed by atoms with Crippen molar-refractivity contribution in [2.75, 3.05) is 13.2 Å². The molecule has 2 N–H and O–H groups in total. The van der Waals surface area contributed by atoms with Crippen LogP contribution < -0.4 is 15.2 Å². The molecule has 1 rings (SSSR count). The van der Waals surface area contributed by atoms with E-state index in [1.54, 1.807) is 0 Å². The topological polar surface area (TPSA) is 44.5 Å². The lowest BCUT2D eigenvalue weighted by atomic mass is 10.1. The van der Waals surface area contributed by atoms with Gasteiger partial charge in [0.25, 0.3) is 0 Å². The Morgan fingerprint density at radius 3 is 1.53 bits per heavy atom. The molecule has 1 atom stereocenters. The van der Waals surface area contributed by atoms with Gasteiger partial charge in [0, 0.05) is 6.04 Å². The average molecular weight is 448 g/mol. The molecule has 0 spiro atoms. The van der Waals surface area contributed by atoms with E-state index < -0.39 is 0 Å². The Kier molecular flexibility index (Phi) is 18.4. The summed E-state index contributed by atoms with van der Waals surface area (Å²) in [7, 11) is 0. The molecule has 1 aromatic carbocycles. The Morgan fingerprint density at radius 2 is 1.06 bits per heavy atom. The molecule has 0 saturated heterocycles. The molecule has 1 aromatic rings. The van der Waals surface area contributed by atoms with Crippen molar-refractivity contribution in [1.29, 1.82) is 0 Å². The van der Waals surface area contributed by atoms with Crippen LogP contribution in [-0.4, -0.2) is 19.3 Å². The van der Waals surface area contributed by atoms with Gasteiger partial charge in [0.2, 0.25) is 0 Å². The fourth-order valence-corrected chi connectivity index (χ4v) is 4.12. The highest BCUT2D eigenvalue weighted by Gasteiger charge is 2.09. The van der Waals surface area contributed by atoms with Crippen molar-refractivity contribution >= 4 is 0 Å². The molecule has 0 aliphatic heterocycles.